The lowest BCUT2D eigenvalue weighted by Crippen LogP contribution is -2.34. The third-order valence-corrected chi connectivity index (χ3v) is 3.91. The fourth-order valence-corrected chi connectivity index (χ4v) is 2.84. The van der Waals surface area contributed by atoms with Crippen molar-refractivity contribution in [1.29, 1.82) is 0 Å². The van der Waals surface area contributed by atoms with E-state index in [1.807, 2.05) is 38.1 Å². The third-order valence-electron chi connectivity index (χ3n) is 2.91. The molecule has 6 heteroatoms. The first kappa shape index (κ1) is 14.9. The first-order valence-corrected chi connectivity index (χ1v) is 7.61. The molecular weight excluding hydrogens is 294 g/mol. The van der Waals surface area contributed by atoms with Gasteiger partial charge in [0, 0.05) is 11.1 Å². The first-order chi connectivity index (χ1) is 9.60. The van der Waals surface area contributed by atoms with Crippen LogP contribution < -0.4 is 5.32 Å². The largest absolute Gasteiger partial charge is 0.348 e. The fourth-order valence-electron chi connectivity index (χ4n) is 1.97. The first-order valence-electron chi connectivity index (χ1n) is 6.46. The van der Waals surface area contributed by atoms with E-state index in [0.717, 1.165) is 29.2 Å². The van der Waals surface area contributed by atoms with E-state index in [4.69, 9.17) is 11.6 Å². The minimum absolute atomic E-state index is 0.0211. The molecule has 0 aliphatic heterocycles. The van der Waals surface area contributed by atoms with Gasteiger partial charge in [-0.2, -0.15) is 0 Å². The van der Waals surface area contributed by atoms with Crippen LogP contribution in [0, 0.1) is 0 Å². The molecule has 0 spiro atoms. The van der Waals surface area contributed by atoms with Crippen LogP contribution in [0.4, 0.5) is 0 Å². The van der Waals surface area contributed by atoms with Gasteiger partial charge in [0.25, 0.3) is 5.91 Å². The van der Waals surface area contributed by atoms with Crippen LogP contribution in [0.25, 0.3) is 0 Å². The Bertz CT molecular complexity index is 600. The number of carbonyl (C=O) groups excluding carboxylic acids is 1. The zero-order chi connectivity index (χ0) is 14.5. The van der Waals surface area contributed by atoms with Gasteiger partial charge in [0.05, 0.1) is 5.69 Å². The summed E-state index contributed by atoms with van der Waals surface area (Å²) in [5.74, 6) is -0.105. The van der Waals surface area contributed by atoms with Crippen LogP contribution in [0.2, 0.25) is 5.02 Å². The standard InChI is InChI=1S/C14H16ClN3OS/c1-3-12-13(20-18-17-12)14(19)16-9(2)7-10-5-4-6-11(15)8-10/h4-6,8-9H,3,7H2,1-2H3,(H,16,19)/t9-/m0/s1. The summed E-state index contributed by atoms with van der Waals surface area (Å²) < 4.78 is 3.83. The maximum atomic E-state index is 12.1. The minimum atomic E-state index is -0.105. The van der Waals surface area contributed by atoms with Crippen molar-refractivity contribution in [1.82, 2.24) is 14.9 Å². The Labute approximate surface area is 127 Å². The van der Waals surface area contributed by atoms with E-state index >= 15 is 0 Å². The van der Waals surface area contributed by atoms with Crippen LogP contribution in [-0.2, 0) is 12.8 Å². The van der Waals surface area contributed by atoms with Crippen molar-refractivity contribution in [3.05, 3.63) is 45.4 Å². The normalized spacial score (nSPS) is 12.2. The number of amides is 1. The van der Waals surface area contributed by atoms with Gasteiger partial charge < -0.3 is 5.32 Å². The zero-order valence-electron chi connectivity index (χ0n) is 11.4. The van der Waals surface area contributed by atoms with Crippen molar-refractivity contribution in [2.24, 2.45) is 0 Å². The highest BCUT2D eigenvalue weighted by molar-refractivity contribution is 7.08. The van der Waals surface area contributed by atoms with Crippen molar-refractivity contribution in [3.8, 4) is 0 Å². The highest BCUT2D eigenvalue weighted by Gasteiger charge is 2.17. The minimum Gasteiger partial charge on any atom is -0.348 e. The summed E-state index contributed by atoms with van der Waals surface area (Å²) in [7, 11) is 0. The van der Waals surface area contributed by atoms with E-state index in [1.165, 1.54) is 0 Å². The smallest absolute Gasteiger partial charge is 0.265 e. The van der Waals surface area contributed by atoms with Gasteiger partial charge in [-0.05, 0) is 49.0 Å². The predicted octanol–water partition coefficient (Wildman–Crippen LogP) is 3.11. The Morgan fingerprint density at radius 1 is 1.50 bits per heavy atom. The second-order valence-electron chi connectivity index (χ2n) is 4.61. The van der Waals surface area contributed by atoms with E-state index in [-0.39, 0.29) is 11.9 Å². The highest BCUT2D eigenvalue weighted by atomic mass is 35.5. The monoisotopic (exact) mass is 309 g/mol. The summed E-state index contributed by atoms with van der Waals surface area (Å²) in [6.45, 7) is 3.93. The number of hydrogen-bond donors (Lipinski definition) is 1. The molecule has 0 fully saturated rings. The molecule has 0 bridgehead atoms. The molecule has 0 radical (unpaired) electrons. The Morgan fingerprint density at radius 3 is 3.00 bits per heavy atom. The number of nitrogens with zero attached hydrogens (tertiary/aromatic N) is 2. The van der Waals surface area contributed by atoms with Crippen LogP contribution in [0.1, 0.15) is 34.8 Å². The third kappa shape index (κ3) is 3.77. The predicted molar refractivity (Wildman–Crippen MR) is 81.4 cm³/mol. The number of aromatic nitrogens is 2. The molecule has 1 N–H and O–H groups in total. The van der Waals surface area contributed by atoms with Gasteiger partial charge >= 0.3 is 0 Å². The molecule has 1 heterocycles. The molecule has 4 nitrogen and oxygen atoms in total. The topological polar surface area (TPSA) is 54.9 Å². The van der Waals surface area contributed by atoms with Gasteiger partial charge in [0.1, 0.15) is 4.88 Å². The van der Waals surface area contributed by atoms with E-state index in [9.17, 15) is 4.79 Å². The second kappa shape index (κ2) is 6.81. The molecule has 20 heavy (non-hydrogen) atoms. The average molecular weight is 310 g/mol. The molecule has 0 aliphatic carbocycles. The van der Waals surface area contributed by atoms with E-state index in [0.29, 0.717) is 16.3 Å². The Kier molecular flexibility index (Phi) is 5.09. The van der Waals surface area contributed by atoms with Crippen molar-refractivity contribution < 1.29 is 4.79 Å². The van der Waals surface area contributed by atoms with Gasteiger partial charge in [-0.1, -0.05) is 35.1 Å². The highest BCUT2D eigenvalue weighted by Crippen LogP contribution is 2.14. The fraction of sp³-hybridized carbons (Fsp3) is 0.357. The van der Waals surface area contributed by atoms with Crippen molar-refractivity contribution >= 4 is 29.0 Å². The van der Waals surface area contributed by atoms with Crippen molar-refractivity contribution in [3.63, 3.8) is 0 Å². The Morgan fingerprint density at radius 2 is 2.30 bits per heavy atom. The van der Waals surface area contributed by atoms with E-state index in [2.05, 4.69) is 14.9 Å². The maximum Gasteiger partial charge on any atom is 0.265 e. The molecular formula is C14H16ClN3OS. The van der Waals surface area contributed by atoms with Gasteiger partial charge in [-0.15, -0.1) is 5.10 Å². The SMILES string of the molecule is CCc1nnsc1C(=O)N[C@@H](C)Cc1cccc(Cl)c1. The summed E-state index contributed by atoms with van der Waals surface area (Å²) >= 11 is 7.09. The zero-order valence-corrected chi connectivity index (χ0v) is 13.0. The number of nitrogens with one attached hydrogen (secondary N) is 1. The van der Waals surface area contributed by atoms with Crippen LogP contribution in [0.3, 0.4) is 0 Å². The lowest BCUT2D eigenvalue weighted by atomic mass is 10.1. The lowest BCUT2D eigenvalue weighted by Gasteiger charge is -2.13. The quantitative estimate of drug-likeness (QED) is 0.923. The van der Waals surface area contributed by atoms with Crippen LogP contribution in [0.5, 0.6) is 0 Å². The number of carbonyl (C=O) groups is 1. The Balaban J connectivity index is 1.98. The average Bonchev–Trinajstić information content (AvgIpc) is 2.86. The van der Waals surface area contributed by atoms with Gasteiger partial charge in [-0.25, -0.2) is 0 Å². The van der Waals surface area contributed by atoms with Gasteiger partial charge in [-0.3, -0.25) is 4.79 Å². The molecule has 1 aromatic heterocycles. The number of benzene rings is 1. The summed E-state index contributed by atoms with van der Waals surface area (Å²) in [6, 6.07) is 7.68. The second-order valence-corrected chi connectivity index (χ2v) is 5.80. The summed E-state index contributed by atoms with van der Waals surface area (Å²) in [6.07, 6.45) is 1.45. The number of hydrogen-bond acceptors (Lipinski definition) is 4. The molecule has 0 saturated carbocycles. The summed E-state index contributed by atoms with van der Waals surface area (Å²) in [5.41, 5.74) is 1.85. The van der Waals surface area contributed by atoms with Gasteiger partial charge in [0.2, 0.25) is 0 Å². The molecule has 1 aromatic carbocycles. The molecule has 1 amide bonds. The summed E-state index contributed by atoms with van der Waals surface area (Å²) in [5, 5.41) is 7.63. The number of halogens is 1. The van der Waals surface area contributed by atoms with Gasteiger partial charge in [0.15, 0.2) is 0 Å². The van der Waals surface area contributed by atoms with Crippen LogP contribution in [0.15, 0.2) is 24.3 Å². The summed E-state index contributed by atoms with van der Waals surface area (Å²) in [4.78, 5) is 12.7. The molecule has 0 saturated heterocycles. The molecule has 0 unspecified atom stereocenters. The molecule has 2 rings (SSSR count). The van der Waals surface area contributed by atoms with Crippen molar-refractivity contribution in [2.45, 2.75) is 32.7 Å². The van der Waals surface area contributed by atoms with E-state index in [1.54, 1.807) is 0 Å². The maximum absolute atomic E-state index is 12.1. The molecule has 1 atom stereocenters. The number of aryl methyl sites for hydroxylation is 1. The Hall–Kier alpha value is -1.46. The molecule has 106 valence electrons. The molecule has 2 aromatic rings. The van der Waals surface area contributed by atoms with Crippen molar-refractivity contribution in [2.75, 3.05) is 0 Å². The number of rotatable bonds is 5. The lowest BCUT2D eigenvalue weighted by molar-refractivity contribution is 0.0943. The van der Waals surface area contributed by atoms with Crippen LogP contribution in [-0.4, -0.2) is 21.5 Å². The van der Waals surface area contributed by atoms with Crippen LogP contribution >= 0.6 is 23.1 Å². The molecule has 0 aliphatic rings. The van der Waals surface area contributed by atoms with E-state index < -0.39 is 0 Å².